The minimum absolute atomic E-state index is 0.0855. The zero-order valence-electron chi connectivity index (χ0n) is 21.7. The molecule has 0 aromatic rings. The largest absolute Gasteiger partial charge is 0.467 e. The number of methoxy groups -OCH3 is 1. The summed E-state index contributed by atoms with van der Waals surface area (Å²) < 4.78 is 4.65. The van der Waals surface area contributed by atoms with Crippen LogP contribution < -0.4 is 5.32 Å². The molecule has 0 aromatic carbocycles. The summed E-state index contributed by atoms with van der Waals surface area (Å²) in [5.74, 6) is 3.41. The van der Waals surface area contributed by atoms with Crippen molar-refractivity contribution < 1.29 is 24.5 Å². The number of ether oxygens (including phenoxy) is 1. The Morgan fingerprint density at radius 1 is 1.03 bits per heavy atom. The third-order valence-corrected chi connectivity index (χ3v) is 11.2. The smallest absolute Gasteiger partial charge is 0.330 e. The molecule has 0 saturated heterocycles. The normalized spacial score (nSPS) is 43.1. The van der Waals surface area contributed by atoms with Gasteiger partial charge in [0.2, 0.25) is 5.91 Å². The highest BCUT2D eigenvalue weighted by atomic mass is 16.5. The molecule has 0 bridgehead atoms. The lowest BCUT2D eigenvalue weighted by atomic mass is 9.44. The Hall–Kier alpha value is -1.14. The standard InChI is InChI=1S/C28H47NO5/c1-17(5-10-25(32)29-24(16-30)26(33)34-4)21-8-9-22-20-7-6-18-15-19(31)11-13-27(18,2)23(20)12-14-28(21,22)3/h17-24,30-31H,5-16H2,1-4H3,(H,29,32)/t17-,18-,19-,20+,21-,22+,23+,24-,27+,28-/m1/s1. The van der Waals surface area contributed by atoms with E-state index in [1.807, 2.05) is 0 Å². The number of carbonyl (C=O) groups is 2. The molecule has 0 heterocycles. The van der Waals surface area contributed by atoms with E-state index in [4.69, 9.17) is 0 Å². The lowest BCUT2D eigenvalue weighted by Gasteiger charge is -2.61. The summed E-state index contributed by atoms with van der Waals surface area (Å²) in [6.07, 6.45) is 12.1. The molecule has 6 heteroatoms. The second-order valence-electron chi connectivity index (χ2n) is 12.7. The summed E-state index contributed by atoms with van der Waals surface area (Å²) in [5, 5.41) is 22.3. The molecule has 4 aliphatic carbocycles. The molecule has 1 amide bonds. The van der Waals surface area contributed by atoms with Crippen LogP contribution in [0, 0.1) is 46.3 Å². The van der Waals surface area contributed by atoms with Crippen LogP contribution >= 0.6 is 0 Å². The Kier molecular flexibility index (Phi) is 7.69. The highest BCUT2D eigenvalue weighted by molar-refractivity contribution is 5.84. The van der Waals surface area contributed by atoms with Crippen molar-refractivity contribution in [2.45, 2.75) is 104 Å². The fourth-order valence-electron chi connectivity index (χ4n) is 9.36. The maximum absolute atomic E-state index is 12.4. The maximum Gasteiger partial charge on any atom is 0.330 e. The fourth-order valence-corrected chi connectivity index (χ4v) is 9.36. The second kappa shape index (κ2) is 10.1. The van der Waals surface area contributed by atoms with E-state index in [-0.39, 0.29) is 12.0 Å². The van der Waals surface area contributed by atoms with Crippen LogP contribution in [0.4, 0.5) is 0 Å². The summed E-state index contributed by atoms with van der Waals surface area (Å²) in [7, 11) is 1.26. The number of amides is 1. The predicted molar refractivity (Wildman–Crippen MR) is 131 cm³/mol. The van der Waals surface area contributed by atoms with Crippen LogP contribution in [0.5, 0.6) is 0 Å². The lowest BCUT2D eigenvalue weighted by molar-refractivity contribution is -0.146. The number of nitrogens with one attached hydrogen (secondary N) is 1. The summed E-state index contributed by atoms with van der Waals surface area (Å²) >= 11 is 0. The van der Waals surface area contributed by atoms with Crippen molar-refractivity contribution in [3.8, 4) is 0 Å². The van der Waals surface area contributed by atoms with Gasteiger partial charge >= 0.3 is 5.97 Å². The van der Waals surface area contributed by atoms with Gasteiger partial charge in [0.15, 0.2) is 6.04 Å². The molecule has 0 radical (unpaired) electrons. The molecule has 4 fully saturated rings. The summed E-state index contributed by atoms with van der Waals surface area (Å²) in [5.41, 5.74) is 0.766. The summed E-state index contributed by atoms with van der Waals surface area (Å²) in [6, 6.07) is -0.978. The minimum Gasteiger partial charge on any atom is -0.467 e. The third-order valence-electron chi connectivity index (χ3n) is 11.2. The molecule has 0 aromatic heterocycles. The highest BCUT2D eigenvalue weighted by Crippen LogP contribution is 2.68. The van der Waals surface area contributed by atoms with Crippen molar-refractivity contribution in [2.24, 2.45) is 46.3 Å². The molecule has 4 saturated carbocycles. The average molecular weight is 478 g/mol. The lowest BCUT2D eigenvalue weighted by Crippen LogP contribution is -2.54. The van der Waals surface area contributed by atoms with Crippen LogP contribution in [0.15, 0.2) is 0 Å². The van der Waals surface area contributed by atoms with Gasteiger partial charge in [0, 0.05) is 6.42 Å². The SMILES string of the molecule is COC(=O)[C@@H](CO)NC(=O)CC[C@@H](C)[C@H]1CC[C@H]2[C@@H]3CC[C@@H]4C[C@H](O)CC[C@]4(C)[C@H]3CC[C@]12C. The van der Waals surface area contributed by atoms with E-state index in [0.29, 0.717) is 35.0 Å². The van der Waals surface area contributed by atoms with Gasteiger partial charge in [-0.2, -0.15) is 0 Å². The van der Waals surface area contributed by atoms with Crippen molar-refractivity contribution in [1.29, 1.82) is 0 Å². The van der Waals surface area contributed by atoms with Gasteiger partial charge in [-0.15, -0.1) is 0 Å². The first kappa shape index (κ1) is 25.9. The zero-order valence-corrected chi connectivity index (χ0v) is 21.7. The fraction of sp³-hybridized carbons (Fsp3) is 0.929. The monoisotopic (exact) mass is 477 g/mol. The number of hydrogen-bond donors (Lipinski definition) is 3. The van der Waals surface area contributed by atoms with Crippen LogP contribution in [0.1, 0.15) is 91.4 Å². The molecule has 0 aliphatic heterocycles. The molecular formula is C28H47NO5. The first-order valence-corrected chi connectivity index (χ1v) is 13.8. The molecule has 0 unspecified atom stereocenters. The molecule has 3 N–H and O–H groups in total. The van der Waals surface area contributed by atoms with Gasteiger partial charge in [-0.25, -0.2) is 4.79 Å². The van der Waals surface area contributed by atoms with Crippen LogP contribution in [0.2, 0.25) is 0 Å². The predicted octanol–water partition coefficient (Wildman–Crippen LogP) is 4.07. The number of hydrogen-bond acceptors (Lipinski definition) is 5. The van der Waals surface area contributed by atoms with E-state index in [0.717, 1.165) is 37.0 Å². The molecule has 0 spiro atoms. The molecular weight excluding hydrogens is 430 g/mol. The Labute approximate surface area is 205 Å². The Balaban J connectivity index is 1.37. The highest BCUT2D eigenvalue weighted by Gasteiger charge is 2.60. The number of rotatable bonds is 7. The number of carbonyl (C=O) groups excluding carboxylic acids is 2. The number of aliphatic hydroxyl groups excluding tert-OH is 2. The first-order chi connectivity index (χ1) is 16.1. The van der Waals surface area contributed by atoms with Crippen molar-refractivity contribution in [2.75, 3.05) is 13.7 Å². The zero-order chi connectivity index (χ0) is 24.7. The minimum atomic E-state index is -0.978. The maximum atomic E-state index is 12.4. The topological polar surface area (TPSA) is 95.9 Å². The van der Waals surface area contributed by atoms with E-state index in [2.05, 4.69) is 30.8 Å². The molecule has 4 aliphatic rings. The van der Waals surface area contributed by atoms with Crippen LogP contribution in [-0.2, 0) is 14.3 Å². The van der Waals surface area contributed by atoms with Gasteiger partial charge in [-0.1, -0.05) is 20.8 Å². The quantitative estimate of drug-likeness (QED) is 0.480. The van der Waals surface area contributed by atoms with Gasteiger partial charge in [0.05, 0.1) is 19.8 Å². The van der Waals surface area contributed by atoms with Gasteiger partial charge in [-0.3, -0.25) is 4.79 Å². The van der Waals surface area contributed by atoms with Crippen molar-refractivity contribution in [3.05, 3.63) is 0 Å². The van der Waals surface area contributed by atoms with Gasteiger partial charge in [0.25, 0.3) is 0 Å². The third kappa shape index (κ3) is 4.54. The van der Waals surface area contributed by atoms with Crippen molar-refractivity contribution >= 4 is 11.9 Å². The van der Waals surface area contributed by atoms with Gasteiger partial charge in [-0.05, 0) is 111 Å². The Morgan fingerprint density at radius 2 is 1.74 bits per heavy atom. The Bertz CT molecular complexity index is 757. The van der Waals surface area contributed by atoms with E-state index >= 15 is 0 Å². The molecule has 34 heavy (non-hydrogen) atoms. The number of aliphatic hydroxyl groups is 2. The first-order valence-electron chi connectivity index (χ1n) is 13.8. The Morgan fingerprint density at radius 3 is 2.44 bits per heavy atom. The summed E-state index contributed by atoms with van der Waals surface area (Å²) in [6.45, 7) is 6.95. The van der Waals surface area contributed by atoms with E-state index in [9.17, 15) is 19.8 Å². The van der Waals surface area contributed by atoms with E-state index < -0.39 is 18.6 Å². The summed E-state index contributed by atoms with van der Waals surface area (Å²) in [4.78, 5) is 24.1. The van der Waals surface area contributed by atoms with Crippen molar-refractivity contribution in [3.63, 3.8) is 0 Å². The van der Waals surface area contributed by atoms with E-state index in [1.54, 1.807) is 0 Å². The van der Waals surface area contributed by atoms with E-state index in [1.165, 1.54) is 52.1 Å². The second-order valence-corrected chi connectivity index (χ2v) is 12.7. The average Bonchev–Trinajstić information content (AvgIpc) is 3.18. The van der Waals surface area contributed by atoms with Crippen molar-refractivity contribution in [1.82, 2.24) is 5.32 Å². The van der Waals surface area contributed by atoms with Crippen LogP contribution in [0.3, 0.4) is 0 Å². The molecule has 10 atom stereocenters. The molecule has 194 valence electrons. The number of esters is 1. The number of fused-ring (bicyclic) bond motifs is 5. The van der Waals surface area contributed by atoms with Crippen LogP contribution in [0.25, 0.3) is 0 Å². The van der Waals surface area contributed by atoms with Gasteiger partial charge < -0.3 is 20.3 Å². The molecule has 6 nitrogen and oxygen atoms in total. The van der Waals surface area contributed by atoms with Gasteiger partial charge in [0.1, 0.15) is 0 Å². The van der Waals surface area contributed by atoms with Crippen LogP contribution in [-0.4, -0.2) is 48.0 Å². The molecule has 4 rings (SSSR count).